The van der Waals surface area contributed by atoms with Gasteiger partial charge in [-0.05, 0) is 42.5 Å². The van der Waals surface area contributed by atoms with Gasteiger partial charge in [0.05, 0.1) is 12.1 Å². The van der Waals surface area contributed by atoms with E-state index in [1.807, 2.05) is 33.9 Å². The summed E-state index contributed by atoms with van der Waals surface area (Å²) in [6.07, 6.45) is 1.38. The Morgan fingerprint density at radius 1 is 1.27 bits per heavy atom. The van der Waals surface area contributed by atoms with Crippen molar-refractivity contribution in [2.24, 2.45) is 5.92 Å². The van der Waals surface area contributed by atoms with Gasteiger partial charge >= 0.3 is 0 Å². The highest BCUT2D eigenvalue weighted by atomic mass is 35.5. The third-order valence-electron chi connectivity index (χ3n) is 4.39. The minimum atomic E-state index is -0.0484. The van der Waals surface area contributed by atoms with Crippen LogP contribution in [0.2, 0.25) is 5.02 Å². The van der Waals surface area contributed by atoms with E-state index in [2.05, 4.69) is 5.32 Å². The van der Waals surface area contributed by atoms with Crippen molar-refractivity contribution in [3.8, 4) is 5.75 Å². The molecule has 1 N–H and O–H groups in total. The van der Waals surface area contributed by atoms with E-state index >= 15 is 0 Å². The molecule has 0 radical (unpaired) electrons. The molecule has 0 saturated carbocycles. The SMILES string of the molecule is O=C(NCCOc1cccc(Cl)c1)C1CCN(C(=O)c2ccsc2)CC1. The lowest BCUT2D eigenvalue weighted by Gasteiger charge is -2.31. The molecule has 2 heterocycles. The number of rotatable bonds is 6. The van der Waals surface area contributed by atoms with Crippen molar-refractivity contribution in [2.45, 2.75) is 12.8 Å². The molecule has 2 amide bonds. The lowest BCUT2D eigenvalue weighted by molar-refractivity contribution is -0.126. The molecule has 26 heavy (non-hydrogen) atoms. The highest BCUT2D eigenvalue weighted by Crippen LogP contribution is 2.20. The number of halogens is 1. The van der Waals surface area contributed by atoms with Crippen molar-refractivity contribution >= 4 is 34.8 Å². The van der Waals surface area contributed by atoms with Gasteiger partial charge in [0.15, 0.2) is 0 Å². The van der Waals surface area contributed by atoms with Gasteiger partial charge in [-0.25, -0.2) is 0 Å². The Hall–Kier alpha value is -2.05. The van der Waals surface area contributed by atoms with Crippen LogP contribution in [0.15, 0.2) is 41.1 Å². The number of hydrogen-bond donors (Lipinski definition) is 1. The van der Waals surface area contributed by atoms with Crippen molar-refractivity contribution in [3.63, 3.8) is 0 Å². The van der Waals surface area contributed by atoms with Crippen molar-refractivity contribution in [1.82, 2.24) is 10.2 Å². The maximum atomic E-state index is 12.3. The van der Waals surface area contributed by atoms with Crippen LogP contribution in [0.1, 0.15) is 23.2 Å². The number of nitrogens with zero attached hydrogens (tertiary/aromatic N) is 1. The third kappa shape index (κ3) is 4.99. The Balaban J connectivity index is 1.36. The molecule has 5 nitrogen and oxygen atoms in total. The van der Waals surface area contributed by atoms with Gasteiger partial charge in [0.2, 0.25) is 5.91 Å². The molecule has 2 aromatic rings. The van der Waals surface area contributed by atoms with Crippen LogP contribution in [-0.2, 0) is 4.79 Å². The summed E-state index contributed by atoms with van der Waals surface area (Å²) in [6.45, 7) is 2.07. The predicted octanol–water partition coefficient (Wildman–Crippen LogP) is 3.45. The van der Waals surface area contributed by atoms with Crippen LogP contribution in [0.4, 0.5) is 0 Å². The van der Waals surface area contributed by atoms with Crippen LogP contribution in [0, 0.1) is 5.92 Å². The molecule has 7 heteroatoms. The van der Waals surface area contributed by atoms with Crippen LogP contribution >= 0.6 is 22.9 Å². The molecular formula is C19H21ClN2O3S. The van der Waals surface area contributed by atoms with Gasteiger partial charge in [-0.1, -0.05) is 17.7 Å². The number of carbonyl (C=O) groups excluding carboxylic acids is 2. The summed E-state index contributed by atoms with van der Waals surface area (Å²) in [5.74, 6) is 0.724. The molecule has 0 spiro atoms. The Morgan fingerprint density at radius 3 is 2.77 bits per heavy atom. The van der Waals surface area contributed by atoms with Crippen LogP contribution < -0.4 is 10.1 Å². The van der Waals surface area contributed by atoms with Gasteiger partial charge in [-0.2, -0.15) is 11.3 Å². The molecule has 0 unspecified atom stereocenters. The number of piperidine rings is 1. The molecule has 1 fully saturated rings. The van der Waals surface area contributed by atoms with Crippen LogP contribution in [0.3, 0.4) is 0 Å². The summed E-state index contributed by atoms with van der Waals surface area (Å²) in [5.41, 5.74) is 0.732. The van der Waals surface area contributed by atoms with Crippen LogP contribution in [0.25, 0.3) is 0 Å². The normalized spacial score (nSPS) is 14.9. The molecule has 1 saturated heterocycles. The molecule has 138 valence electrons. The first-order valence-electron chi connectivity index (χ1n) is 8.61. The van der Waals surface area contributed by atoms with Gasteiger partial charge in [0.25, 0.3) is 5.91 Å². The smallest absolute Gasteiger partial charge is 0.254 e. The standard InChI is InChI=1S/C19H21ClN2O3S/c20-16-2-1-3-17(12-16)25-10-7-21-18(23)14-4-8-22(9-5-14)19(24)15-6-11-26-13-15/h1-3,6,11-14H,4-5,7-10H2,(H,21,23). The number of carbonyl (C=O) groups is 2. The molecule has 3 rings (SSSR count). The summed E-state index contributed by atoms with van der Waals surface area (Å²) in [5, 5.41) is 7.29. The lowest BCUT2D eigenvalue weighted by atomic mass is 9.95. The van der Waals surface area contributed by atoms with E-state index < -0.39 is 0 Å². The second-order valence-electron chi connectivity index (χ2n) is 6.18. The fourth-order valence-corrected chi connectivity index (χ4v) is 3.77. The first-order valence-corrected chi connectivity index (χ1v) is 9.93. The number of hydrogen-bond acceptors (Lipinski definition) is 4. The average molecular weight is 393 g/mol. The number of likely N-dealkylation sites (tertiary alicyclic amines) is 1. The minimum absolute atomic E-state index is 0.0299. The monoisotopic (exact) mass is 392 g/mol. The quantitative estimate of drug-likeness (QED) is 0.766. The molecule has 1 aromatic carbocycles. The third-order valence-corrected chi connectivity index (χ3v) is 5.31. The fraction of sp³-hybridized carbons (Fsp3) is 0.368. The zero-order valence-corrected chi connectivity index (χ0v) is 15.9. The Morgan fingerprint density at radius 2 is 2.08 bits per heavy atom. The Bertz CT molecular complexity index is 743. The molecule has 1 aliphatic heterocycles. The molecule has 1 aromatic heterocycles. The number of amides is 2. The van der Waals surface area contributed by atoms with Crippen molar-refractivity contribution in [2.75, 3.05) is 26.2 Å². The molecular weight excluding hydrogens is 372 g/mol. The number of nitrogens with one attached hydrogen (secondary N) is 1. The van der Waals surface area contributed by atoms with E-state index in [1.165, 1.54) is 11.3 Å². The fourth-order valence-electron chi connectivity index (χ4n) is 2.96. The van der Waals surface area contributed by atoms with Gasteiger partial charge in [-0.3, -0.25) is 9.59 Å². The van der Waals surface area contributed by atoms with E-state index in [-0.39, 0.29) is 17.7 Å². The summed E-state index contributed by atoms with van der Waals surface area (Å²) >= 11 is 7.42. The average Bonchev–Trinajstić information content (AvgIpc) is 3.19. The van der Waals surface area contributed by atoms with Crippen LogP contribution in [-0.4, -0.2) is 43.0 Å². The highest BCUT2D eigenvalue weighted by molar-refractivity contribution is 7.08. The van der Waals surface area contributed by atoms with Crippen molar-refractivity contribution in [3.05, 3.63) is 51.7 Å². The van der Waals surface area contributed by atoms with Gasteiger partial charge in [-0.15, -0.1) is 0 Å². The second-order valence-corrected chi connectivity index (χ2v) is 7.39. The van der Waals surface area contributed by atoms with E-state index in [4.69, 9.17) is 16.3 Å². The van der Waals surface area contributed by atoms with Crippen molar-refractivity contribution in [1.29, 1.82) is 0 Å². The molecule has 0 bridgehead atoms. The number of benzene rings is 1. The highest BCUT2D eigenvalue weighted by Gasteiger charge is 2.27. The summed E-state index contributed by atoms with van der Waals surface area (Å²) < 4.78 is 5.56. The first-order chi connectivity index (χ1) is 12.6. The zero-order valence-electron chi connectivity index (χ0n) is 14.3. The first kappa shape index (κ1) is 18.7. The molecule has 1 aliphatic rings. The largest absolute Gasteiger partial charge is 0.492 e. The van der Waals surface area contributed by atoms with Gasteiger partial charge in [0, 0.05) is 29.4 Å². The summed E-state index contributed by atoms with van der Waals surface area (Å²) in [6, 6.07) is 9.01. The number of ether oxygens (including phenoxy) is 1. The van der Waals surface area contributed by atoms with E-state index in [0.29, 0.717) is 49.9 Å². The van der Waals surface area contributed by atoms with E-state index in [9.17, 15) is 9.59 Å². The van der Waals surface area contributed by atoms with E-state index in [0.717, 1.165) is 5.56 Å². The maximum Gasteiger partial charge on any atom is 0.254 e. The van der Waals surface area contributed by atoms with Gasteiger partial charge < -0.3 is 15.0 Å². The summed E-state index contributed by atoms with van der Waals surface area (Å²) in [7, 11) is 0. The Labute approximate surface area is 161 Å². The topological polar surface area (TPSA) is 58.6 Å². The Kier molecular flexibility index (Phi) is 6.52. The minimum Gasteiger partial charge on any atom is -0.492 e. The van der Waals surface area contributed by atoms with Crippen molar-refractivity contribution < 1.29 is 14.3 Å². The zero-order chi connectivity index (χ0) is 18.4. The van der Waals surface area contributed by atoms with Gasteiger partial charge in [0.1, 0.15) is 12.4 Å². The predicted molar refractivity (Wildman–Crippen MR) is 103 cm³/mol. The lowest BCUT2D eigenvalue weighted by Crippen LogP contribution is -2.43. The summed E-state index contributed by atoms with van der Waals surface area (Å²) in [4.78, 5) is 26.4. The molecule has 0 aliphatic carbocycles. The van der Waals surface area contributed by atoms with E-state index in [1.54, 1.807) is 12.1 Å². The second kappa shape index (κ2) is 9.05. The maximum absolute atomic E-state index is 12.3. The molecule has 0 atom stereocenters. The number of thiophene rings is 1. The van der Waals surface area contributed by atoms with Crippen LogP contribution in [0.5, 0.6) is 5.75 Å².